The maximum absolute atomic E-state index is 11.8. The van der Waals surface area contributed by atoms with E-state index in [4.69, 9.17) is 5.26 Å². The Hall–Kier alpha value is -2.86. The molecular weight excluding hydrogens is 248 g/mol. The number of nitriles is 1. The van der Waals surface area contributed by atoms with Crippen molar-refractivity contribution in [1.82, 2.24) is 4.57 Å². The number of hydrogen-bond acceptors (Lipinski definition) is 2. The second kappa shape index (κ2) is 5.02. The highest BCUT2D eigenvalue weighted by Crippen LogP contribution is 2.12. The number of nitrogens with zero attached hydrogens (tertiary/aromatic N) is 2. The van der Waals surface area contributed by atoms with Crippen molar-refractivity contribution >= 4 is 10.9 Å². The van der Waals surface area contributed by atoms with Crippen LogP contribution in [0.1, 0.15) is 11.1 Å². The van der Waals surface area contributed by atoms with Crippen LogP contribution >= 0.6 is 0 Å². The van der Waals surface area contributed by atoms with Crippen molar-refractivity contribution in [2.75, 3.05) is 0 Å². The first kappa shape index (κ1) is 12.2. The summed E-state index contributed by atoms with van der Waals surface area (Å²) in [6, 6.07) is 18.8. The monoisotopic (exact) mass is 260 g/mol. The lowest BCUT2D eigenvalue weighted by Gasteiger charge is -2.10. The second-order valence-corrected chi connectivity index (χ2v) is 4.63. The molecule has 0 atom stereocenters. The topological polar surface area (TPSA) is 45.8 Å². The summed E-state index contributed by atoms with van der Waals surface area (Å²) in [5.74, 6) is 0. The molecule has 3 rings (SSSR count). The van der Waals surface area contributed by atoms with Gasteiger partial charge in [0.1, 0.15) is 0 Å². The molecule has 3 aromatic rings. The molecular formula is C17H12N2O. The van der Waals surface area contributed by atoms with E-state index in [1.807, 2.05) is 47.2 Å². The third kappa shape index (κ3) is 2.19. The Balaban J connectivity index is 2.04. The van der Waals surface area contributed by atoms with Crippen LogP contribution in [0.5, 0.6) is 0 Å². The number of rotatable bonds is 2. The molecule has 0 aliphatic rings. The lowest BCUT2D eigenvalue weighted by Crippen LogP contribution is -2.08. The third-order valence-corrected chi connectivity index (χ3v) is 3.32. The Labute approximate surface area is 116 Å². The largest absolute Gasteiger partial charge is 0.343 e. The zero-order valence-corrected chi connectivity index (χ0v) is 10.8. The van der Waals surface area contributed by atoms with Gasteiger partial charge in [-0.15, -0.1) is 0 Å². The average molecular weight is 260 g/mol. The van der Waals surface area contributed by atoms with Gasteiger partial charge in [-0.3, -0.25) is 4.79 Å². The fraction of sp³-hybridized carbons (Fsp3) is 0.0588. The Morgan fingerprint density at radius 2 is 1.75 bits per heavy atom. The van der Waals surface area contributed by atoms with Crippen LogP contribution in [0.4, 0.5) is 0 Å². The lowest BCUT2D eigenvalue weighted by molar-refractivity contribution is 0.825. The first-order chi connectivity index (χ1) is 9.78. The fourth-order valence-electron chi connectivity index (χ4n) is 2.28. The predicted octanol–water partition coefficient (Wildman–Crippen LogP) is 2.92. The Kier molecular flexibility index (Phi) is 3.06. The summed E-state index contributed by atoms with van der Waals surface area (Å²) in [5, 5.41) is 9.53. The quantitative estimate of drug-likeness (QED) is 0.711. The van der Waals surface area contributed by atoms with Gasteiger partial charge in [0.2, 0.25) is 0 Å². The standard InChI is InChI=1S/C17H12N2O/c18-11-13-5-7-14(8-6-13)12-19-10-9-17(20)15-3-1-2-4-16(15)19/h1-10H,12H2. The van der Waals surface area contributed by atoms with Crippen molar-refractivity contribution in [2.24, 2.45) is 0 Å². The molecule has 0 aliphatic carbocycles. The predicted molar refractivity (Wildman–Crippen MR) is 78.5 cm³/mol. The van der Waals surface area contributed by atoms with Gasteiger partial charge in [0.15, 0.2) is 5.43 Å². The van der Waals surface area contributed by atoms with Gasteiger partial charge in [-0.1, -0.05) is 24.3 Å². The number of benzene rings is 2. The van der Waals surface area contributed by atoms with E-state index in [1.54, 1.807) is 18.2 Å². The summed E-state index contributed by atoms with van der Waals surface area (Å²) in [6.07, 6.45) is 1.81. The Bertz CT molecular complexity index is 855. The summed E-state index contributed by atoms with van der Waals surface area (Å²) < 4.78 is 2.04. The molecule has 0 radical (unpaired) electrons. The molecule has 0 spiro atoms. The molecule has 3 heteroatoms. The number of hydrogen-bond donors (Lipinski definition) is 0. The highest BCUT2D eigenvalue weighted by molar-refractivity contribution is 5.78. The molecule has 1 aromatic heterocycles. The first-order valence-electron chi connectivity index (χ1n) is 6.35. The SMILES string of the molecule is N#Cc1ccc(Cn2ccc(=O)c3ccccc32)cc1. The van der Waals surface area contributed by atoms with Gasteiger partial charge < -0.3 is 4.57 Å². The molecule has 0 saturated carbocycles. The lowest BCUT2D eigenvalue weighted by atomic mass is 10.1. The molecule has 3 nitrogen and oxygen atoms in total. The van der Waals surface area contributed by atoms with Crippen LogP contribution in [-0.4, -0.2) is 4.57 Å². The minimum absolute atomic E-state index is 0.0386. The summed E-state index contributed by atoms with van der Waals surface area (Å²) in [5.41, 5.74) is 2.71. The van der Waals surface area contributed by atoms with Crippen LogP contribution in [0.25, 0.3) is 10.9 Å². The maximum atomic E-state index is 11.8. The van der Waals surface area contributed by atoms with E-state index in [1.165, 1.54) is 0 Å². The van der Waals surface area contributed by atoms with Crippen molar-refractivity contribution in [3.8, 4) is 6.07 Å². The zero-order chi connectivity index (χ0) is 13.9. The zero-order valence-electron chi connectivity index (χ0n) is 10.8. The van der Waals surface area contributed by atoms with Crippen LogP contribution in [0.2, 0.25) is 0 Å². The van der Waals surface area contributed by atoms with Gasteiger partial charge in [-0.2, -0.15) is 5.26 Å². The van der Waals surface area contributed by atoms with Gasteiger partial charge in [0.25, 0.3) is 0 Å². The summed E-state index contributed by atoms with van der Waals surface area (Å²) in [4.78, 5) is 11.8. The summed E-state index contributed by atoms with van der Waals surface area (Å²) in [7, 11) is 0. The maximum Gasteiger partial charge on any atom is 0.189 e. The second-order valence-electron chi connectivity index (χ2n) is 4.63. The van der Waals surface area contributed by atoms with E-state index >= 15 is 0 Å². The summed E-state index contributed by atoms with van der Waals surface area (Å²) in [6.45, 7) is 0.673. The third-order valence-electron chi connectivity index (χ3n) is 3.32. The highest BCUT2D eigenvalue weighted by Gasteiger charge is 2.02. The van der Waals surface area contributed by atoms with Gasteiger partial charge in [-0.25, -0.2) is 0 Å². The van der Waals surface area contributed by atoms with Gasteiger partial charge in [0.05, 0.1) is 17.1 Å². The number of para-hydroxylation sites is 1. The van der Waals surface area contributed by atoms with Crippen molar-refractivity contribution < 1.29 is 0 Å². The summed E-state index contributed by atoms with van der Waals surface area (Å²) >= 11 is 0. The molecule has 0 saturated heterocycles. The molecule has 0 bridgehead atoms. The molecule has 1 heterocycles. The van der Waals surface area contributed by atoms with Gasteiger partial charge >= 0.3 is 0 Å². The molecule has 96 valence electrons. The average Bonchev–Trinajstić information content (AvgIpc) is 2.51. The normalized spacial score (nSPS) is 10.3. The smallest absolute Gasteiger partial charge is 0.189 e. The molecule has 0 unspecified atom stereocenters. The van der Waals surface area contributed by atoms with E-state index < -0.39 is 0 Å². The highest BCUT2D eigenvalue weighted by atomic mass is 16.1. The minimum Gasteiger partial charge on any atom is -0.343 e. The van der Waals surface area contributed by atoms with Crippen LogP contribution < -0.4 is 5.43 Å². The van der Waals surface area contributed by atoms with Crippen LogP contribution in [-0.2, 0) is 6.54 Å². The van der Waals surface area contributed by atoms with Crippen molar-refractivity contribution in [3.63, 3.8) is 0 Å². The Morgan fingerprint density at radius 3 is 2.50 bits per heavy atom. The van der Waals surface area contributed by atoms with E-state index in [0.717, 1.165) is 16.5 Å². The molecule has 20 heavy (non-hydrogen) atoms. The molecule has 2 aromatic carbocycles. The van der Waals surface area contributed by atoms with E-state index in [9.17, 15) is 4.79 Å². The van der Waals surface area contributed by atoms with E-state index in [2.05, 4.69) is 6.07 Å². The van der Waals surface area contributed by atoms with E-state index in [-0.39, 0.29) is 5.43 Å². The van der Waals surface area contributed by atoms with Crippen molar-refractivity contribution in [3.05, 3.63) is 82.1 Å². The number of fused-ring (bicyclic) bond motifs is 1. The Morgan fingerprint density at radius 1 is 1.00 bits per heavy atom. The molecule has 0 N–H and O–H groups in total. The van der Waals surface area contributed by atoms with Crippen LogP contribution in [0, 0.1) is 11.3 Å². The van der Waals surface area contributed by atoms with Gasteiger partial charge in [-0.05, 0) is 29.8 Å². The first-order valence-corrected chi connectivity index (χ1v) is 6.35. The fourth-order valence-corrected chi connectivity index (χ4v) is 2.28. The van der Waals surface area contributed by atoms with Gasteiger partial charge in [0, 0.05) is 24.2 Å². The molecule has 0 fully saturated rings. The molecule has 0 amide bonds. The number of aromatic nitrogens is 1. The number of pyridine rings is 1. The van der Waals surface area contributed by atoms with E-state index in [0.29, 0.717) is 12.1 Å². The van der Waals surface area contributed by atoms with Crippen molar-refractivity contribution in [1.29, 1.82) is 5.26 Å². The van der Waals surface area contributed by atoms with Crippen molar-refractivity contribution in [2.45, 2.75) is 6.54 Å². The molecule has 0 aliphatic heterocycles. The van der Waals surface area contributed by atoms with Crippen LogP contribution in [0.15, 0.2) is 65.6 Å². The minimum atomic E-state index is 0.0386. The van der Waals surface area contributed by atoms with Crippen LogP contribution in [0.3, 0.4) is 0 Å².